The van der Waals surface area contributed by atoms with Gasteiger partial charge in [0.15, 0.2) is 11.4 Å². The van der Waals surface area contributed by atoms with Crippen molar-refractivity contribution in [3.8, 4) is 0 Å². The minimum absolute atomic E-state index is 0.101. The van der Waals surface area contributed by atoms with Crippen molar-refractivity contribution in [1.82, 2.24) is 4.98 Å². The van der Waals surface area contributed by atoms with Gasteiger partial charge in [-0.25, -0.2) is 4.98 Å². The minimum atomic E-state index is 0.101. The number of amidine groups is 1. The number of hydrogen-bond acceptors (Lipinski definition) is 5. The van der Waals surface area contributed by atoms with Gasteiger partial charge in [-0.3, -0.25) is 0 Å². The normalized spacial score (nSPS) is 11.9. The fourth-order valence-corrected chi connectivity index (χ4v) is 2.72. The Morgan fingerprint density at radius 1 is 1.24 bits per heavy atom. The fourth-order valence-electron chi connectivity index (χ4n) is 1.94. The Labute approximate surface area is 125 Å². The summed E-state index contributed by atoms with van der Waals surface area (Å²) >= 11 is 1.51. The van der Waals surface area contributed by atoms with Gasteiger partial charge < -0.3 is 15.4 Å². The van der Waals surface area contributed by atoms with Gasteiger partial charge in [0.25, 0.3) is 5.22 Å². The lowest BCUT2D eigenvalue weighted by Crippen LogP contribution is -2.13. The van der Waals surface area contributed by atoms with E-state index in [1.807, 2.05) is 42.5 Å². The largest absolute Gasteiger partial charge is 0.431 e. The van der Waals surface area contributed by atoms with E-state index in [1.54, 1.807) is 6.07 Å². The zero-order valence-corrected chi connectivity index (χ0v) is 11.9. The summed E-state index contributed by atoms with van der Waals surface area (Å²) in [7, 11) is 0. The third-order valence-electron chi connectivity index (χ3n) is 2.97. The van der Waals surface area contributed by atoms with Crippen molar-refractivity contribution >= 4 is 28.7 Å². The van der Waals surface area contributed by atoms with Crippen LogP contribution in [0.2, 0.25) is 0 Å². The first kappa shape index (κ1) is 13.5. The Kier molecular flexibility index (Phi) is 3.79. The molecule has 5 nitrogen and oxygen atoms in total. The number of rotatable bonds is 4. The molecule has 3 N–H and O–H groups in total. The summed E-state index contributed by atoms with van der Waals surface area (Å²) in [4.78, 5) is 4.41. The van der Waals surface area contributed by atoms with Crippen LogP contribution in [0.25, 0.3) is 11.1 Å². The van der Waals surface area contributed by atoms with Crippen molar-refractivity contribution in [3.05, 3.63) is 59.7 Å². The van der Waals surface area contributed by atoms with Gasteiger partial charge in [0.1, 0.15) is 5.52 Å². The van der Waals surface area contributed by atoms with Gasteiger partial charge in [0, 0.05) is 11.3 Å². The van der Waals surface area contributed by atoms with Crippen molar-refractivity contribution in [2.75, 3.05) is 0 Å². The van der Waals surface area contributed by atoms with Crippen LogP contribution in [0, 0.1) is 0 Å². The zero-order chi connectivity index (χ0) is 14.7. The average Bonchev–Trinajstić information content (AvgIpc) is 2.95. The number of thioether (sulfide) groups is 1. The van der Waals surface area contributed by atoms with E-state index in [0.29, 0.717) is 16.5 Å². The highest BCUT2D eigenvalue weighted by atomic mass is 32.2. The molecular weight excluding hydrogens is 286 g/mol. The van der Waals surface area contributed by atoms with E-state index in [2.05, 4.69) is 10.1 Å². The number of nitrogens with two attached hydrogens (primary N) is 1. The van der Waals surface area contributed by atoms with Crippen molar-refractivity contribution in [2.24, 2.45) is 10.9 Å². The molecule has 1 aromatic heterocycles. The molecule has 106 valence electrons. The van der Waals surface area contributed by atoms with Crippen LogP contribution in [-0.4, -0.2) is 16.0 Å². The maximum Gasteiger partial charge on any atom is 0.257 e. The van der Waals surface area contributed by atoms with E-state index < -0.39 is 0 Å². The van der Waals surface area contributed by atoms with E-state index in [4.69, 9.17) is 15.4 Å². The molecule has 0 saturated heterocycles. The monoisotopic (exact) mass is 299 g/mol. The van der Waals surface area contributed by atoms with Crippen LogP contribution in [-0.2, 0) is 5.75 Å². The Balaban J connectivity index is 1.75. The van der Waals surface area contributed by atoms with Crippen LogP contribution < -0.4 is 5.73 Å². The first-order chi connectivity index (χ1) is 10.3. The van der Waals surface area contributed by atoms with Crippen LogP contribution in [0.15, 0.2) is 63.3 Å². The van der Waals surface area contributed by atoms with E-state index in [-0.39, 0.29) is 5.84 Å². The van der Waals surface area contributed by atoms with Crippen LogP contribution >= 0.6 is 11.8 Å². The number of oxime groups is 1. The van der Waals surface area contributed by atoms with Gasteiger partial charge in [-0.2, -0.15) is 0 Å². The van der Waals surface area contributed by atoms with Gasteiger partial charge in [0.05, 0.1) is 0 Å². The van der Waals surface area contributed by atoms with Crippen molar-refractivity contribution < 1.29 is 9.62 Å². The molecule has 0 aliphatic rings. The highest BCUT2D eigenvalue weighted by Crippen LogP contribution is 2.26. The number of oxazole rings is 1. The Bertz CT molecular complexity index is 765. The number of hydrogen-bond donors (Lipinski definition) is 2. The highest BCUT2D eigenvalue weighted by molar-refractivity contribution is 7.98. The second-order valence-electron chi connectivity index (χ2n) is 4.42. The van der Waals surface area contributed by atoms with Gasteiger partial charge in [0.2, 0.25) is 0 Å². The van der Waals surface area contributed by atoms with E-state index in [9.17, 15) is 0 Å². The molecule has 21 heavy (non-hydrogen) atoms. The summed E-state index contributed by atoms with van der Waals surface area (Å²) in [5.41, 5.74) is 8.95. The molecular formula is C15H13N3O2S. The summed E-state index contributed by atoms with van der Waals surface area (Å²) in [6.07, 6.45) is 0. The number of aromatic nitrogens is 1. The molecule has 6 heteroatoms. The summed E-state index contributed by atoms with van der Waals surface area (Å²) in [5.74, 6) is 0.794. The Hall–Kier alpha value is -2.47. The molecule has 2 aromatic carbocycles. The molecule has 0 aliphatic heterocycles. The number of benzene rings is 2. The van der Waals surface area contributed by atoms with Crippen LogP contribution in [0.5, 0.6) is 0 Å². The zero-order valence-electron chi connectivity index (χ0n) is 11.1. The van der Waals surface area contributed by atoms with Crippen LogP contribution in [0.1, 0.15) is 11.1 Å². The van der Waals surface area contributed by atoms with E-state index in [0.717, 1.165) is 16.7 Å². The summed E-state index contributed by atoms with van der Waals surface area (Å²) in [5, 5.41) is 12.3. The van der Waals surface area contributed by atoms with E-state index >= 15 is 0 Å². The molecule has 0 atom stereocenters. The lowest BCUT2D eigenvalue weighted by molar-refractivity contribution is 0.318. The number of fused-ring (bicyclic) bond motifs is 1. The molecule has 0 fully saturated rings. The third-order valence-corrected chi connectivity index (χ3v) is 3.87. The van der Waals surface area contributed by atoms with Crippen molar-refractivity contribution in [1.29, 1.82) is 0 Å². The van der Waals surface area contributed by atoms with Crippen molar-refractivity contribution in [3.63, 3.8) is 0 Å². The summed E-state index contributed by atoms with van der Waals surface area (Å²) in [6, 6.07) is 15.2. The summed E-state index contributed by atoms with van der Waals surface area (Å²) in [6.45, 7) is 0. The Morgan fingerprint density at radius 2 is 2.10 bits per heavy atom. The summed E-state index contributed by atoms with van der Waals surface area (Å²) < 4.78 is 5.65. The van der Waals surface area contributed by atoms with Crippen molar-refractivity contribution in [2.45, 2.75) is 11.0 Å². The maximum absolute atomic E-state index is 8.70. The predicted octanol–water partition coefficient (Wildman–Crippen LogP) is 3.21. The lowest BCUT2D eigenvalue weighted by atomic mass is 10.1. The molecule has 1 heterocycles. The SMILES string of the molecule is N/C(=N\O)c1cccc(CSc2nc3ccccc3o2)c1. The first-order valence-corrected chi connectivity index (χ1v) is 7.30. The molecule has 3 rings (SSSR count). The van der Waals surface area contributed by atoms with Gasteiger partial charge in [-0.15, -0.1) is 0 Å². The molecule has 0 spiro atoms. The Morgan fingerprint density at radius 3 is 2.90 bits per heavy atom. The van der Waals surface area contributed by atoms with Crippen LogP contribution in [0.3, 0.4) is 0 Å². The molecule has 0 saturated carbocycles. The standard InChI is InChI=1S/C15H13N3O2S/c16-14(18-19)11-5-3-4-10(8-11)9-21-15-17-12-6-1-2-7-13(12)20-15/h1-8,19H,9H2,(H2,16,18). The molecule has 0 radical (unpaired) electrons. The predicted molar refractivity (Wildman–Crippen MR) is 82.5 cm³/mol. The maximum atomic E-state index is 8.70. The average molecular weight is 299 g/mol. The molecule has 0 amide bonds. The fraction of sp³-hybridized carbons (Fsp3) is 0.0667. The molecule has 0 unspecified atom stereocenters. The second kappa shape index (κ2) is 5.88. The smallest absolute Gasteiger partial charge is 0.257 e. The molecule has 0 aliphatic carbocycles. The first-order valence-electron chi connectivity index (χ1n) is 6.31. The second-order valence-corrected chi connectivity index (χ2v) is 5.35. The van der Waals surface area contributed by atoms with E-state index in [1.165, 1.54) is 11.8 Å². The topological polar surface area (TPSA) is 84.6 Å². The minimum Gasteiger partial charge on any atom is -0.431 e. The lowest BCUT2D eigenvalue weighted by Gasteiger charge is -2.02. The highest BCUT2D eigenvalue weighted by Gasteiger charge is 2.07. The number of nitrogens with zero attached hydrogens (tertiary/aromatic N) is 2. The third kappa shape index (κ3) is 3.00. The van der Waals surface area contributed by atoms with Gasteiger partial charge in [-0.05, 0) is 23.8 Å². The molecule has 0 bridgehead atoms. The van der Waals surface area contributed by atoms with Crippen LogP contribution in [0.4, 0.5) is 0 Å². The molecule has 3 aromatic rings. The van der Waals surface area contributed by atoms with Gasteiger partial charge >= 0.3 is 0 Å². The quantitative estimate of drug-likeness (QED) is 0.254. The number of para-hydroxylation sites is 2. The van der Waals surface area contributed by atoms with Gasteiger partial charge in [-0.1, -0.05) is 47.2 Å².